The maximum absolute atomic E-state index is 14.0. The third-order valence-electron chi connectivity index (χ3n) is 2.93. The first-order valence-electron chi connectivity index (χ1n) is 5.63. The molecule has 3 rings (SSSR count). The van der Waals surface area contributed by atoms with Crippen LogP contribution in [0.3, 0.4) is 0 Å². The molecule has 0 saturated heterocycles. The minimum atomic E-state index is -1.27. The van der Waals surface area contributed by atoms with Crippen molar-refractivity contribution in [1.29, 1.82) is 0 Å². The molecule has 2 heterocycles. The number of nitrogens with zero attached hydrogens (tertiary/aromatic N) is 2. The molecule has 0 aliphatic heterocycles. The van der Waals surface area contributed by atoms with Crippen LogP contribution in [0.2, 0.25) is 0 Å². The van der Waals surface area contributed by atoms with Crippen LogP contribution in [-0.4, -0.2) is 20.6 Å². The van der Waals surface area contributed by atoms with Gasteiger partial charge in [-0.15, -0.1) is 0 Å². The van der Waals surface area contributed by atoms with E-state index in [9.17, 15) is 9.18 Å². The average Bonchev–Trinajstić information content (AvgIpc) is 2.84. The van der Waals surface area contributed by atoms with Crippen molar-refractivity contribution in [2.24, 2.45) is 0 Å². The molecule has 1 N–H and O–H groups in total. The summed E-state index contributed by atoms with van der Waals surface area (Å²) in [6.07, 6.45) is 3.31. The van der Waals surface area contributed by atoms with Crippen molar-refractivity contribution in [3.8, 4) is 5.82 Å². The van der Waals surface area contributed by atoms with Gasteiger partial charge in [-0.1, -0.05) is 6.07 Å². The normalized spacial score (nSPS) is 10.8. The molecule has 1 aromatic carbocycles. The first kappa shape index (κ1) is 11.4. The van der Waals surface area contributed by atoms with Crippen LogP contribution in [-0.2, 0) is 0 Å². The fraction of sp³-hybridized carbons (Fsp3) is 0. The second-order valence-electron chi connectivity index (χ2n) is 4.04. The number of rotatable bonds is 2. The third-order valence-corrected chi connectivity index (χ3v) is 2.93. The smallest absolute Gasteiger partial charge is 0.338 e. The molecule has 0 spiro atoms. The summed E-state index contributed by atoms with van der Waals surface area (Å²) in [5, 5.41) is 9.16. The molecule has 2 aromatic heterocycles. The third kappa shape index (κ3) is 1.76. The van der Waals surface area contributed by atoms with Crippen molar-refractivity contribution < 1.29 is 14.3 Å². The van der Waals surface area contributed by atoms with Crippen molar-refractivity contribution in [1.82, 2.24) is 9.55 Å². The number of aromatic carboxylic acids is 1. The number of pyridine rings is 1. The highest BCUT2D eigenvalue weighted by Crippen LogP contribution is 2.24. The van der Waals surface area contributed by atoms with Gasteiger partial charge in [-0.05, 0) is 30.3 Å². The predicted molar refractivity (Wildman–Crippen MR) is 68.0 cm³/mol. The van der Waals surface area contributed by atoms with E-state index in [1.807, 2.05) is 6.07 Å². The lowest BCUT2D eigenvalue weighted by molar-refractivity contribution is 0.0692. The van der Waals surface area contributed by atoms with Crippen LogP contribution in [0.25, 0.3) is 16.7 Å². The van der Waals surface area contributed by atoms with E-state index in [0.717, 1.165) is 0 Å². The van der Waals surface area contributed by atoms with Crippen molar-refractivity contribution in [3.63, 3.8) is 0 Å². The van der Waals surface area contributed by atoms with Gasteiger partial charge in [0.2, 0.25) is 0 Å². The van der Waals surface area contributed by atoms with Crippen LogP contribution in [0.4, 0.5) is 4.39 Å². The minimum Gasteiger partial charge on any atom is -0.478 e. The molecule has 0 radical (unpaired) electrons. The highest BCUT2D eigenvalue weighted by molar-refractivity contribution is 5.94. The van der Waals surface area contributed by atoms with Crippen molar-refractivity contribution in [3.05, 3.63) is 60.2 Å². The molecule has 3 aromatic rings. The van der Waals surface area contributed by atoms with Gasteiger partial charge in [0.15, 0.2) is 0 Å². The van der Waals surface area contributed by atoms with E-state index in [4.69, 9.17) is 5.11 Å². The van der Waals surface area contributed by atoms with E-state index < -0.39 is 11.8 Å². The van der Waals surface area contributed by atoms with E-state index >= 15 is 0 Å². The van der Waals surface area contributed by atoms with Gasteiger partial charge in [-0.2, -0.15) is 0 Å². The van der Waals surface area contributed by atoms with Crippen molar-refractivity contribution >= 4 is 16.9 Å². The number of carboxylic acids is 1. The highest BCUT2D eigenvalue weighted by Gasteiger charge is 2.15. The lowest BCUT2D eigenvalue weighted by Crippen LogP contribution is -2.01. The van der Waals surface area contributed by atoms with Gasteiger partial charge in [0.1, 0.15) is 11.6 Å². The van der Waals surface area contributed by atoms with Gasteiger partial charge >= 0.3 is 5.97 Å². The Kier molecular flexibility index (Phi) is 2.52. The zero-order valence-electron chi connectivity index (χ0n) is 9.75. The number of carbonyl (C=O) groups is 1. The number of halogens is 1. The summed E-state index contributed by atoms with van der Waals surface area (Å²) in [6, 6.07) is 9.80. The summed E-state index contributed by atoms with van der Waals surface area (Å²) in [7, 11) is 0. The fourth-order valence-corrected chi connectivity index (χ4v) is 2.04. The molecule has 5 heteroatoms. The van der Waals surface area contributed by atoms with E-state index in [2.05, 4.69) is 4.98 Å². The van der Waals surface area contributed by atoms with Crippen LogP contribution in [0, 0.1) is 5.82 Å². The van der Waals surface area contributed by atoms with E-state index in [1.165, 1.54) is 6.07 Å². The molecule has 0 bridgehead atoms. The Hall–Kier alpha value is -2.69. The summed E-state index contributed by atoms with van der Waals surface area (Å²) in [5.41, 5.74) is 0.257. The number of benzene rings is 1. The van der Waals surface area contributed by atoms with E-state index in [-0.39, 0.29) is 10.9 Å². The molecule has 0 amide bonds. The number of hydrogen-bond donors (Lipinski definition) is 1. The van der Waals surface area contributed by atoms with Crippen molar-refractivity contribution in [2.45, 2.75) is 0 Å². The first-order valence-corrected chi connectivity index (χ1v) is 5.63. The lowest BCUT2D eigenvalue weighted by Gasteiger charge is -2.05. The lowest BCUT2D eigenvalue weighted by atomic mass is 10.1. The molecule has 0 aliphatic rings. The van der Waals surface area contributed by atoms with Crippen LogP contribution in [0.15, 0.2) is 48.8 Å². The van der Waals surface area contributed by atoms with Crippen LogP contribution in [0.5, 0.6) is 0 Å². The largest absolute Gasteiger partial charge is 0.478 e. The Labute approximate surface area is 107 Å². The Morgan fingerprint density at radius 1 is 1.21 bits per heavy atom. The Bertz CT molecular complexity index is 766. The summed E-state index contributed by atoms with van der Waals surface area (Å²) in [5.74, 6) is -1.34. The van der Waals surface area contributed by atoms with Gasteiger partial charge in [-0.25, -0.2) is 14.2 Å². The SMILES string of the molecule is O=C(O)c1ccc2c(ccn2-c2ccccn2)c1F. The maximum atomic E-state index is 14.0. The average molecular weight is 256 g/mol. The number of hydrogen-bond acceptors (Lipinski definition) is 2. The first-order chi connectivity index (χ1) is 9.18. The molecule has 0 aliphatic carbocycles. The highest BCUT2D eigenvalue weighted by atomic mass is 19.1. The number of fused-ring (bicyclic) bond motifs is 1. The van der Waals surface area contributed by atoms with E-state index in [0.29, 0.717) is 11.3 Å². The molecule has 0 atom stereocenters. The Morgan fingerprint density at radius 2 is 2.05 bits per heavy atom. The number of aromatic nitrogens is 2. The molecule has 19 heavy (non-hydrogen) atoms. The zero-order chi connectivity index (χ0) is 13.4. The van der Waals surface area contributed by atoms with Gasteiger partial charge in [0.05, 0.1) is 11.1 Å². The second-order valence-corrected chi connectivity index (χ2v) is 4.04. The van der Waals surface area contributed by atoms with Gasteiger partial charge in [0, 0.05) is 17.8 Å². The molecule has 0 saturated carbocycles. The predicted octanol–water partition coefficient (Wildman–Crippen LogP) is 2.86. The Balaban J connectivity index is 2.26. The monoisotopic (exact) mass is 256 g/mol. The van der Waals surface area contributed by atoms with Crippen LogP contribution >= 0.6 is 0 Å². The van der Waals surface area contributed by atoms with Gasteiger partial charge < -0.3 is 9.67 Å². The van der Waals surface area contributed by atoms with E-state index in [1.54, 1.807) is 41.2 Å². The molecule has 94 valence electrons. The van der Waals surface area contributed by atoms with Crippen LogP contribution < -0.4 is 0 Å². The van der Waals surface area contributed by atoms with Gasteiger partial charge in [-0.3, -0.25) is 0 Å². The zero-order valence-corrected chi connectivity index (χ0v) is 9.75. The molecule has 0 unspecified atom stereocenters. The summed E-state index contributed by atoms with van der Waals surface area (Å²) in [4.78, 5) is 15.1. The quantitative estimate of drug-likeness (QED) is 0.767. The summed E-state index contributed by atoms with van der Waals surface area (Å²) >= 11 is 0. The van der Waals surface area contributed by atoms with Gasteiger partial charge in [0.25, 0.3) is 0 Å². The standard InChI is InChI=1S/C14H9FN2O2/c15-13-9-6-8-17(12-3-1-2-7-16-12)11(9)5-4-10(13)14(18)19/h1-8H,(H,18,19). The second kappa shape index (κ2) is 4.20. The topological polar surface area (TPSA) is 55.1 Å². The summed E-state index contributed by atoms with van der Waals surface area (Å²) in [6.45, 7) is 0. The van der Waals surface area contributed by atoms with Crippen LogP contribution in [0.1, 0.15) is 10.4 Å². The van der Waals surface area contributed by atoms with Crippen molar-refractivity contribution in [2.75, 3.05) is 0 Å². The minimum absolute atomic E-state index is 0.269. The fourth-order valence-electron chi connectivity index (χ4n) is 2.04. The Morgan fingerprint density at radius 3 is 2.74 bits per heavy atom. The molecule has 4 nitrogen and oxygen atoms in total. The maximum Gasteiger partial charge on any atom is 0.338 e. The summed E-state index contributed by atoms with van der Waals surface area (Å²) < 4.78 is 15.7. The number of carboxylic acid groups (broad SMARTS) is 1. The molecular formula is C14H9FN2O2. The molecular weight excluding hydrogens is 247 g/mol. The molecule has 0 fully saturated rings.